The van der Waals surface area contributed by atoms with Crippen LogP contribution in [-0.4, -0.2) is 45.7 Å². The van der Waals surface area contributed by atoms with Gasteiger partial charge in [0.2, 0.25) is 0 Å². The van der Waals surface area contributed by atoms with Gasteiger partial charge in [0.05, 0.1) is 39.9 Å². The molecule has 0 aromatic heterocycles. The number of benzene rings is 2. The summed E-state index contributed by atoms with van der Waals surface area (Å²) in [4.78, 5) is 5.82. The van der Waals surface area contributed by atoms with Crippen LogP contribution >= 0.6 is 0 Å². The fraction of sp³-hybridized carbons (Fsp3) is 0.350. The highest BCUT2D eigenvalue weighted by Crippen LogP contribution is 2.29. The van der Waals surface area contributed by atoms with Crippen molar-refractivity contribution in [2.24, 2.45) is 4.99 Å². The van der Waals surface area contributed by atoms with Crippen LogP contribution in [0.5, 0.6) is 17.2 Å². The molecule has 0 bridgehead atoms. The predicted molar refractivity (Wildman–Crippen MR) is 100 cm³/mol. The molecule has 5 nitrogen and oxygen atoms in total. The lowest BCUT2D eigenvalue weighted by Gasteiger charge is -2.22. The van der Waals surface area contributed by atoms with E-state index in [4.69, 9.17) is 9.47 Å². The maximum Gasteiger partial charge on any atom is 0.166 e. The van der Waals surface area contributed by atoms with E-state index in [9.17, 15) is 5.11 Å². The number of likely N-dealkylation sites (N-methyl/N-ethyl adjacent to an activating group) is 1. The third kappa shape index (κ3) is 4.73. The number of aliphatic imine (C=N–C) groups is 1. The first-order valence-corrected chi connectivity index (χ1v) is 8.46. The van der Waals surface area contributed by atoms with Gasteiger partial charge in [0.25, 0.3) is 0 Å². The van der Waals surface area contributed by atoms with Gasteiger partial charge >= 0.3 is 0 Å². The van der Waals surface area contributed by atoms with E-state index in [1.165, 1.54) is 4.90 Å². The Labute approximate surface area is 149 Å². The van der Waals surface area contributed by atoms with Gasteiger partial charge in [0.15, 0.2) is 11.5 Å². The Bertz CT molecular complexity index is 714. The van der Waals surface area contributed by atoms with Gasteiger partial charge in [-0.3, -0.25) is 4.99 Å². The molecule has 2 aromatic rings. The minimum atomic E-state index is 0.124. The van der Waals surface area contributed by atoms with Crippen LogP contribution in [0.1, 0.15) is 24.1 Å². The van der Waals surface area contributed by atoms with Crippen LogP contribution in [0.4, 0.5) is 0 Å². The summed E-state index contributed by atoms with van der Waals surface area (Å²) in [5.74, 6) is 1.47. The smallest absolute Gasteiger partial charge is 0.166 e. The van der Waals surface area contributed by atoms with E-state index in [2.05, 4.69) is 25.2 Å². The Morgan fingerprint density at radius 1 is 1.12 bits per heavy atom. The van der Waals surface area contributed by atoms with Crippen LogP contribution in [0.15, 0.2) is 47.5 Å². The SMILES string of the molecule is CCOc1cccc(C=NC[C@H](c2ccccc2OC)[NH+](C)C)c1O. The summed E-state index contributed by atoms with van der Waals surface area (Å²) in [7, 11) is 5.88. The van der Waals surface area contributed by atoms with Crippen molar-refractivity contribution in [3.63, 3.8) is 0 Å². The molecule has 0 radical (unpaired) electrons. The number of phenols is 1. The van der Waals surface area contributed by atoms with Gasteiger partial charge in [-0.05, 0) is 31.2 Å². The summed E-state index contributed by atoms with van der Waals surface area (Å²) in [5, 5.41) is 10.3. The maximum absolute atomic E-state index is 10.3. The van der Waals surface area contributed by atoms with Crippen LogP contribution in [0.2, 0.25) is 0 Å². The van der Waals surface area contributed by atoms with Crippen molar-refractivity contribution in [2.75, 3.05) is 34.4 Å². The van der Waals surface area contributed by atoms with Gasteiger partial charge < -0.3 is 19.5 Å². The Kier molecular flexibility index (Phi) is 6.83. The van der Waals surface area contributed by atoms with Gasteiger partial charge in [-0.15, -0.1) is 0 Å². The summed E-state index contributed by atoms with van der Waals surface area (Å²) in [6.07, 6.45) is 1.70. The largest absolute Gasteiger partial charge is 0.504 e. The molecule has 2 N–H and O–H groups in total. The molecule has 1 atom stereocenters. The third-order valence-electron chi connectivity index (χ3n) is 4.06. The molecular formula is C20H27N2O3+. The van der Waals surface area contributed by atoms with Crippen LogP contribution < -0.4 is 14.4 Å². The van der Waals surface area contributed by atoms with Gasteiger partial charge in [0, 0.05) is 11.8 Å². The first-order valence-electron chi connectivity index (χ1n) is 8.46. The highest BCUT2D eigenvalue weighted by molar-refractivity contribution is 5.84. The van der Waals surface area contributed by atoms with Crippen LogP contribution in [0.25, 0.3) is 0 Å². The van der Waals surface area contributed by atoms with E-state index >= 15 is 0 Å². The van der Waals surface area contributed by atoms with Gasteiger partial charge in [-0.1, -0.05) is 18.2 Å². The number of methoxy groups -OCH3 is 1. The molecule has 0 saturated carbocycles. The Hall–Kier alpha value is -2.53. The molecule has 0 aliphatic rings. The predicted octanol–water partition coefficient (Wildman–Crippen LogP) is 2.10. The van der Waals surface area contributed by atoms with E-state index in [0.29, 0.717) is 24.5 Å². The van der Waals surface area contributed by atoms with E-state index in [0.717, 1.165) is 11.3 Å². The second kappa shape index (κ2) is 9.08. The van der Waals surface area contributed by atoms with Crippen LogP contribution in [-0.2, 0) is 0 Å². The lowest BCUT2D eigenvalue weighted by atomic mass is 10.0. The van der Waals surface area contributed by atoms with Crippen molar-refractivity contribution < 1.29 is 19.5 Å². The fourth-order valence-electron chi connectivity index (χ4n) is 2.72. The molecule has 0 unspecified atom stereocenters. The molecule has 2 aromatic carbocycles. The Balaban J connectivity index is 2.19. The second-order valence-electron chi connectivity index (χ2n) is 5.99. The molecule has 134 valence electrons. The average molecular weight is 343 g/mol. The number of nitrogens with zero attached hydrogens (tertiary/aromatic N) is 1. The molecule has 0 fully saturated rings. The molecule has 5 heteroatoms. The number of hydrogen-bond acceptors (Lipinski definition) is 4. The van der Waals surface area contributed by atoms with Crippen molar-refractivity contribution in [1.29, 1.82) is 0 Å². The molecule has 0 aliphatic heterocycles. The lowest BCUT2D eigenvalue weighted by molar-refractivity contribution is -0.890. The maximum atomic E-state index is 10.3. The first kappa shape index (κ1) is 18.8. The van der Waals surface area contributed by atoms with Gasteiger partial charge in [0.1, 0.15) is 11.8 Å². The molecule has 0 spiro atoms. The summed E-state index contributed by atoms with van der Waals surface area (Å²) < 4.78 is 10.9. The monoisotopic (exact) mass is 343 g/mol. The van der Waals surface area contributed by atoms with Crippen LogP contribution in [0, 0.1) is 0 Å². The van der Waals surface area contributed by atoms with Gasteiger partial charge in [-0.25, -0.2) is 0 Å². The fourth-order valence-corrected chi connectivity index (χ4v) is 2.72. The molecule has 2 rings (SSSR count). The van der Waals surface area contributed by atoms with E-state index in [1.54, 1.807) is 19.4 Å². The number of nitrogens with one attached hydrogen (secondary N) is 1. The number of para-hydroxylation sites is 2. The molecule has 0 aliphatic carbocycles. The van der Waals surface area contributed by atoms with Crippen molar-refractivity contribution in [1.82, 2.24) is 0 Å². The minimum absolute atomic E-state index is 0.124. The summed E-state index contributed by atoms with van der Waals surface area (Å²) in [6.45, 7) is 2.98. The first-order chi connectivity index (χ1) is 12.1. The van der Waals surface area contributed by atoms with Crippen molar-refractivity contribution in [3.05, 3.63) is 53.6 Å². The second-order valence-corrected chi connectivity index (χ2v) is 5.99. The van der Waals surface area contributed by atoms with Gasteiger partial charge in [-0.2, -0.15) is 0 Å². The minimum Gasteiger partial charge on any atom is -0.504 e. The van der Waals surface area contributed by atoms with E-state index in [1.807, 2.05) is 37.3 Å². The van der Waals surface area contributed by atoms with Crippen molar-refractivity contribution in [2.45, 2.75) is 13.0 Å². The zero-order valence-corrected chi connectivity index (χ0v) is 15.3. The molecule has 0 heterocycles. The number of hydrogen-bond donors (Lipinski definition) is 2. The average Bonchev–Trinajstić information content (AvgIpc) is 2.61. The normalized spacial score (nSPS) is 12.5. The summed E-state index contributed by atoms with van der Waals surface area (Å²) in [6, 6.07) is 13.6. The quantitative estimate of drug-likeness (QED) is 0.722. The standard InChI is InChI=1S/C20H26N2O3/c1-5-25-19-12-8-9-15(20(19)23)13-21-14-17(22(2)3)16-10-6-7-11-18(16)24-4/h6-13,17,23H,5,14H2,1-4H3/p+1/t17-/m1/s1. The summed E-state index contributed by atoms with van der Waals surface area (Å²) >= 11 is 0. The zero-order chi connectivity index (χ0) is 18.2. The Morgan fingerprint density at radius 2 is 1.84 bits per heavy atom. The molecular weight excluding hydrogens is 316 g/mol. The number of ether oxygens (including phenoxy) is 2. The van der Waals surface area contributed by atoms with E-state index < -0.39 is 0 Å². The zero-order valence-electron chi connectivity index (χ0n) is 15.3. The van der Waals surface area contributed by atoms with Crippen LogP contribution in [0.3, 0.4) is 0 Å². The molecule has 0 amide bonds. The van der Waals surface area contributed by atoms with E-state index in [-0.39, 0.29) is 11.8 Å². The number of phenolic OH excluding ortho intramolecular Hbond substituents is 1. The Morgan fingerprint density at radius 3 is 2.52 bits per heavy atom. The lowest BCUT2D eigenvalue weighted by Crippen LogP contribution is -3.06. The highest BCUT2D eigenvalue weighted by atomic mass is 16.5. The number of quaternary nitrogens is 1. The highest BCUT2D eigenvalue weighted by Gasteiger charge is 2.21. The number of aromatic hydroxyl groups is 1. The van der Waals surface area contributed by atoms with Crippen molar-refractivity contribution >= 4 is 6.21 Å². The molecule has 25 heavy (non-hydrogen) atoms. The topological polar surface area (TPSA) is 55.5 Å². The summed E-state index contributed by atoms with van der Waals surface area (Å²) in [5.41, 5.74) is 1.77. The molecule has 0 saturated heterocycles. The van der Waals surface area contributed by atoms with Crippen molar-refractivity contribution in [3.8, 4) is 17.2 Å². The number of rotatable bonds is 8. The third-order valence-corrected chi connectivity index (χ3v) is 4.06.